The number of nitrogens with one attached hydrogen (secondary N) is 1. The first-order chi connectivity index (χ1) is 10.1. The molecule has 2 aromatic rings. The molecule has 0 fully saturated rings. The lowest BCUT2D eigenvalue weighted by molar-refractivity contribution is 0.518. The van der Waals surface area contributed by atoms with Crippen LogP contribution in [0.4, 0.5) is 4.39 Å². The molecule has 0 amide bonds. The SMILES string of the molecule is CCCNC(Cc1ccc(Br)cn1)c1cc(F)ccc1Br. The smallest absolute Gasteiger partial charge is 0.123 e. The van der Waals surface area contributed by atoms with Crippen molar-refractivity contribution in [3.8, 4) is 0 Å². The van der Waals surface area contributed by atoms with Gasteiger partial charge in [0.15, 0.2) is 0 Å². The first kappa shape index (κ1) is 16.6. The fourth-order valence-electron chi connectivity index (χ4n) is 2.13. The molecule has 0 bridgehead atoms. The first-order valence-corrected chi connectivity index (χ1v) is 8.47. The predicted molar refractivity (Wildman–Crippen MR) is 90.8 cm³/mol. The van der Waals surface area contributed by atoms with Crippen molar-refractivity contribution in [2.24, 2.45) is 0 Å². The van der Waals surface area contributed by atoms with Crippen LogP contribution in [0.2, 0.25) is 0 Å². The number of benzene rings is 1. The average molecular weight is 416 g/mol. The molecule has 112 valence electrons. The van der Waals surface area contributed by atoms with Crippen LogP contribution in [0.1, 0.15) is 30.6 Å². The molecule has 0 aliphatic carbocycles. The maximum Gasteiger partial charge on any atom is 0.123 e. The van der Waals surface area contributed by atoms with E-state index in [0.29, 0.717) is 0 Å². The van der Waals surface area contributed by atoms with E-state index in [-0.39, 0.29) is 11.9 Å². The van der Waals surface area contributed by atoms with Gasteiger partial charge in [0.25, 0.3) is 0 Å². The summed E-state index contributed by atoms with van der Waals surface area (Å²) >= 11 is 6.90. The molecule has 0 aliphatic rings. The van der Waals surface area contributed by atoms with E-state index < -0.39 is 0 Å². The Morgan fingerprint density at radius 3 is 2.71 bits per heavy atom. The van der Waals surface area contributed by atoms with E-state index >= 15 is 0 Å². The van der Waals surface area contributed by atoms with E-state index in [9.17, 15) is 4.39 Å². The van der Waals surface area contributed by atoms with Crippen LogP contribution < -0.4 is 5.32 Å². The molecule has 0 spiro atoms. The van der Waals surface area contributed by atoms with Crippen LogP contribution in [0.25, 0.3) is 0 Å². The molecular weight excluding hydrogens is 399 g/mol. The normalized spacial score (nSPS) is 12.4. The molecule has 1 atom stereocenters. The first-order valence-electron chi connectivity index (χ1n) is 6.89. The molecular formula is C16H17Br2FN2. The highest BCUT2D eigenvalue weighted by atomic mass is 79.9. The van der Waals surface area contributed by atoms with Crippen LogP contribution in [-0.2, 0) is 6.42 Å². The zero-order valence-electron chi connectivity index (χ0n) is 11.7. The topological polar surface area (TPSA) is 24.9 Å². The van der Waals surface area contributed by atoms with Crippen molar-refractivity contribution in [1.82, 2.24) is 10.3 Å². The van der Waals surface area contributed by atoms with Crippen LogP contribution >= 0.6 is 31.9 Å². The molecule has 0 radical (unpaired) electrons. The number of nitrogens with zero attached hydrogens (tertiary/aromatic N) is 1. The van der Waals surface area contributed by atoms with E-state index in [1.54, 1.807) is 18.3 Å². The molecule has 1 heterocycles. The van der Waals surface area contributed by atoms with Gasteiger partial charge in [0.05, 0.1) is 0 Å². The quantitative estimate of drug-likeness (QED) is 0.715. The molecule has 1 aromatic heterocycles. The summed E-state index contributed by atoms with van der Waals surface area (Å²) in [4.78, 5) is 4.41. The van der Waals surface area contributed by atoms with Gasteiger partial charge in [-0.3, -0.25) is 4.98 Å². The maximum absolute atomic E-state index is 13.6. The minimum absolute atomic E-state index is 0.0312. The highest BCUT2D eigenvalue weighted by Crippen LogP contribution is 2.27. The average Bonchev–Trinajstić information content (AvgIpc) is 2.48. The van der Waals surface area contributed by atoms with Crippen LogP contribution in [0.3, 0.4) is 0 Å². The van der Waals surface area contributed by atoms with Gasteiger partial charge < -0.3 is 5.32 Å². The highest BCUT2D eigenvalue weighted by Gasteiger charge is 2.16. The Morgan fingerprint density at radius 2 is 2.05 bits per heavy atom. The monoisotopic (exact) mass is 414 g/mol. The second-order valence-corrected chi connectivity index (χ2v) is 6.61. The van der Waals surface area contributed by atoms with Crippen molar-refractivity contribution in [2.75, 3.05) is 6.54 Å². The third-order valence-corrected chi connectivity index (χ3v) is 4.37. The zero-order chi connectivity index (χ0) is 15.2. The third kappa shape index (κ3) is 4.87. The van der Waals surface area contributed by atoms with Gasteiger partial charge in [0.2, 0.25) is 0 Å². The lowest BCUT2D eigenvalue weighted by atomic mass is 10.0. The van der Waals surface area contributed by atoms with Crippen LogP contribution in [0.5, 0.6) is 0 Å². The fraction of sp³-hybridized carbons (Fsp3) is 0.312. The van der Waals surface area contributed by atoms with Gasteiger partial charge in [-0.25, -0.2) is 4.39 Å². The van der Waals surface area contributed by atoms with E-state index in [0.717, 1.165) is 39.6 Å². The molecule has 0 saturated heterocycles. The molecule has 0 saturated carbocycles. The minimum atomic E-state index is -0.222. The van der Waals surface area contributed by atoms with Gasteiger partial charge in [-0.2, -0.15) is 0 Å². The third-order valence-electron chi connectivity index (χ3n) is 3.18. The molecule has 2 nitrogen and oxygen atoms in total. The molecule has 1 unspecified atom stereocenters. The summed E-state index contributed by atoms with van der Waals surface area (Å²) in [6.07, 6.45) is 3.53. The zero-order valence-corrected chi connectivity index (χ0v) is 14.9. The van der Waals surface area contributed by atoms with E-state index in [2.05, 4.69) is 49.1 Å². The Hall–Kier alpha value is -0.780. The summed E-state index contributed by atoms with van der Waals surface area (Å²) in [6, 6.07) is 8.78. The Kier molecular flexibility index (Phi) is 6.33. The second-order valence-electron chi connectivity index (χ2n) is 4.84. The summed E-state index contributed by atoms with van der Waals surface area (Å²) in [7, 11) is 0. The van der Waals surface area contributed by atoms with Crippen LogP contribution in [0.15, 0.2) is 45.5 Å². The molecule has 0 aliphatic heterocycles. The van der Waals surface area contributed by atoms with Gasteiger partial charge >= 0.3 is 0 Å². The van der Waals surface area contributed by atoms with Gasteiger partial charge in [0, 0.05) is 33.3 Å². The highest BCUT2D eigenvalue weighted by molar-refractivity contribution is 9.10. The number of hydrogen-bond acceptors (Lipinski definition) is 2. The molecule has 1 N–H and O–H groups in total. The lowest BCUT2D eigenvalue weighted by Gasteiger charge is -2.20. The van der Waals surface area contributed by atoms with E-state index in [1.165, 1.54) is 6.07 Å². The van der Waals surface area contributed by atoms with Gasteiger partial charge in [-0.15, -0.1) is 0 Å². The molecule has 5 heteroatoms. The summed E-state index contributed by atoms with van der Waals surface area (Å²) in [5.41, 5.74) is 1.90. The van der Waals surface area contributed by atoms with Crippen molar-refractivity contribution in [1.29, 1.82) is 0 Å². The van der Waals surface area contributed by atoms with Crippen molar-refractivity contribution in [2.45, 2.75) is 25.8 Å². The van der Waals surface area contributed by atoms with E-state index in [1.807, 2.05) is 12.1 Å². The van der Waals surface area contributed by atoms with Gasteiger partial charge in [-0.1, -0.05) is 22.9 Å². The van der Waals surface area contributed by atoms with Crippen molar-refractivity contribution >= 4 is 31.9 Å². The Morgan fingerprint density at radius 1 is 1.24 bits per heavy atom. The predicted octanol–water partition coefficient (Wildman–Crippen LogP) is 5.03. The number of rotatable bonds is 6. The number of hydrogen-bond donors (Lipinski definition) is 1. The Bertz CT molecular complexity index is 587. The molecule has 2 rings (SSSR count). The van der Waals surface area contributed by atoms with Crippen LogP contribution in [0, 0.1) is 5.82 Å². The summed E-state index contributed by atoms with van der Waals surface area (Å²) in [5, 5.41) is 3.47. The van der Waals surface area contributed by atoms with Gasteiger partial charge in [-0.05, 0) is 64.8 Å². The standard InChI is InChI=1S/C16H17Br2FN2/c1-2-7-20-16(9-13-5-3-11(17)10-21-13)14-8-12(19)4-6-15(14)18/h3-6,8,10,16,20H,2,7,9H2,1H3. The lowest BCUT2D eigenvalue weighted by Crippen LogP contribution is -2.25. The largest absolute Gasteiger partial charge is 0.310 e. The Balaban J connectivity index is 2.25. The van der Waals surface area contributed by atoms with Crippen molar-refractivity contribution < 1.29 is 4.39 Å². The number of aromatic nitrogens is 1. The van der Waals surface area contributed by atoms with Crippen molar-refractivity contribution in [3.05, 3.63) is 62.5 Å². The van der Waals surface area contributed by atoms with Crippen molar-refractivity contribution in [3.63, 3.8) is 0 Å². The van der Waals surface area contributed by atoms with E-state index in [4.69, 9.17) is 0 Å². The van der Waals surface area contributed by atoms with Crippen LogP contribution in [-0.4, -0.2) is 11.5 Å². The summed E-state index contributed by atoms with van der Waals surface area (Å²) < 4.78 is 15.4. The molecule has 1 aromatic carbocycles. The number of pyridine rings is 1. The summed E-state index contributed by atoms with van der Waals surface area (Å²) in [5.74, 6) is -0.222. The summed E-state index contributed by atoms with van der Waals surface area (Å²) in [6.45, 7) is 2.99. The number of halogens is 3. The second kappa shape index (κ2) is 8.01. The molecule has 21 heavy (non-hydrogen) atoms. The Labute approximate surface area is 141 Å². The fourth-order valence-corrected chi connectivity index (χ4v) is 2.89. The van der Waals surface area contributed by atoms with Gasteiger partial charge in [0.1, 0.15) is 5.82 Å². The maximum atomic E-state index is 13.6. The minimum Gasteiger partial charge on any atom is -0.310 e.